The maximum Gasteiger partial charge on any atom is 0.274 e. The van der Waals surface area contributed by atoms with Crippen LogP contribution in [-0.2, 0) is 0 Å². The molecule has 0 aliphatic rings. The van der Waals surface area contributed by atoms with Crippen molar-refractivity contribution in [1.82, 2.24) is 0 Å². The molecule has 1 aromatic carbocycles. The smallest absolute Gasteiger partial charge is 0.274 e. The van der Waals surface area contributed by atoms with Crippen LogP contribution >= 0.6 is 11.3 Å². The molecule has 0 aliphatic carbocycles. The zero-order valence-corrected chi connectivity index (χ0v) is 11.3. The predicted octanol–water partition coefficient (Wildman–Crippen LogP) is 3.53. The molecule has 0 saturated carbocycles. The van der Waals surface area contributed by atoms with Crippen LogP contribution in [0.4, 0.5) is 11.4 Å². The molecule has 1 heterocycles. The number of nitro groups is 1. The first kappa shape index (κ1) is 13.2. The summed E-state index contributed by atoms with van der Waals surface area (Å²) >= 11 is 1.48. The zero-order chi connectivity index (χ0) is 14.0. The molecule has 5 nitrogen and oxygen atoms in total. The van der Waals surface area contributed by atoms with Crippen molar-refractivity contribution in [3.63, 3.8) is 0 Å². The summed E-state index contributed by atoms with van der Waals surface area (Å²) in [6, 6.07) is 6.38. The predicted molar refractivity (Wildman–Crippen MR) is 74.8 cm³/mol. The number of nitrogens with one attached hydrogen (secondary N) is 1. The molecule has 0 radical (unpaired) electrons. The standard InChI is InChI=1S/C13H12N2O3S/c1-8-3-4-10(7-12(8)15(17)18)14-13(16)11-5-6-19-9(11)2/h3-7H,1-2H3,(H,14,16). The number of amides is 1. The molecule has 2 rings (SSSR count). The van der Waals surface area contributed by atoms with Crippen LogP contribution in [0.1, 0.15) is 20.8 Å². The molecule has 0 unspecified atom stereocenters. The molecule has 0 spiro atoms. The summed E-state index contributed by atoms with van der Waals surface area (Å²) in [5.74, 6) is -0.253. The van der Waals surface area contributed by atoms with Gasteiger partial charge in [-0.1, -0.05) is 6.07 Å². The highest BCUT2D eigenvalue weighted by Gasteiger charge is 2.14. The summed E-state index contributed by atoms with van der Waals surface area (Å²) in [7, 11) is 0. The van der Waals surface area contributed by atoms with Crippen molar-refractivity contribution in [3.8, 4) is 0 Å². The lowest BCUT2D eigenvalue weighted by Gasteiger charge is -2.05. The van der Waals surface area contributed by atoms with E-state index in [1.54, 1.807) is 25.1 Å². The van der Waals surface area contributed by atoms with Crippen molar-refractivity contribution in [2.24, 2.45) is 0 Å². The Labute approximate surface area is 114 Å². The molecule has 0 saturated heterocycles. The molecule has 19 heavy (non-hydrogen) atoms. The van der Waals surface area contributed by atoms with Gasteiger partial charge in [0.1, 0.15) is 0 Å². The van der Waals surface area contributed by atoms with Crippen LogP contribution in [0.2, 0.25) is 0 Å². The van der Waals surface area contributed by atoms with Crippen LogP contribution in [0.25, 0.3) is 0 Å². The first-order valence-corrected chi connectivity index (χ1v) is 6.47. The van der Waals surface area contributed by atoms with Crippen LogP contribution in [0.5, 0.6) is 0 Å². The molecular formula is C13H12N2O3S. The van der Waals surface area contributed by atoms with Crippen molar-refractivity contribution in [3.05, 3.63) is 55.8 Å². The Bertz CT molecular complexity index is 649. The Kier molecular flexibility index (Phi) is 3.62. The largest absolute Gasteiger partial charge is 0.322 e. The zero-order valence-electron chi connectivity index (χ0n) is 10.5. The molecule has 1 N–H and O–H groups in total. The Morgan fingerprint density at radius 2 is 2.05 bits per heavy atom. The van der Waals surface area contributed by atoms with Gasteiger partial charge in [-0.3, -0.25) is 14.9 Å². The van der Waals surface area contributed by atoms with Gasteiger partial charge in [0, 0.05) is 22.2 Å². The third-order valence-electron chi connectivity index (χ3n) is 2.77. The minimum Gasteiger partial charge on any atom is -0.322 e. The van der Waals surface area contributed by atoms with E-state index in [9.17, 15) is 14.9 Å². The van der Waals surface area contributed by atoms with Gasteiger partial charge in [0.15, 0.2) is 0 Å². The van der Waals surface area contributed by atoms with Gasteiger partial charge in [-0.25, -0.2) is 0 Å². The maximum absolute atomic E-state index is 12.0. The highest BCUT2D eigenvalue weighted by Crippen LogP contribution is 2.23. The van der Waals surface area contributed by atoms with Crippen molar-refractivity contribution in [2.45, 2.75) is 13.8 Å². The quantitative estimate of drug-likeness (QED) is 0.688. The Morgan fingerprint density at radius 1 is 1.32 bits per heavy atom. The fraction of sp³-hybridized carbons (Fsp3) is 0.154. The van der Waals surface area contributed by atoms with E-state index >= 15 is 0 Å². The summed E-state index contributed by atoms with van der Waals surface area (Å²) < 4.78 is 0. The fourth-order valence-electron chi connectivity index (χ4n) is 1.70. The van der Waals surface area contributed by atoms with Crippen LogP contribution in [0.3, 0.4) is 0 Å². The van der Waals surface area contributed by atoms with Crippen molar-refractivity contribution in [2.75, 3.05) is 5.32 Å². The van der Waals surface area contributed by atoms with Crippen LogP contribution in [-0.4, -0.2) is 10.8 Å². The average molecular weight is 276 g/mol. The van der Waals surface area contributed by atoms with Gasteiger partial charge in [-0.2, -0.15) is 0 Å². The molecule has 6 heteroatoms. The van der Waals surface area contributed by atoms with Crippen LogP contribution in [0.15, 0.2) is 29.6 Å². The van der Waals surface area contributed by atoms with E-state index in [0.29, 0.717) is 16.8 Å². The number of hydrogen-bond donors (Lipinski definition) is 1. The Balaban J connectivity index is 2.25. The number of benzene rings is 1. The van der Waals surface area contributed by atoms with Gasteiger partial charge in [-0.05, 0) is 31.4 Å². The Morgan fingerprint density at radius 3 is 2.63 bits per heavy atom. The van der Waals surface area contributed by atoms with Gasteiger partial charge in [0.2, 0.25) is 0 Å². The maximum atomic E-state index is 12.0. The van der Waals surface area contributed by atoms with E-state index in [0.717, 1.165) is 4.88 Å². The van der Waals surface area contributed by atoms with Gasteiger partial charge in [0.25, 0.3) is 11.6 Å². The van der Waals surface area contributed by atoms with Crippen molar-refractivity contribution >= 4 is 28.6 Å². The lowest BCUT2D eigenvalue weighted by molar-refractivity contribution is -0.385. The van der Waals surface area contributed by atoms with E-state index in [4.69, 9.17) is 0 Å². The van der Waals surface area contributed by atoms with Gasteiger partial charge in [0.05, 0.1) is 10.5 Å². The molecule has 1 aromatic heterocycles. The van der Waals surface area contributed by atoms with Gasteiger partial charge < -0.3 is 5.32 Å². The van der Waals surface area contributed by atoms with E-state index in [-0.39, 0.29) is 11.6 Å². The second-order valence-electron chi connectivity index (χ2n) is 4.10. The molecule has 0 atom stereocenters. The number of aryl methyl sites for hydroxylation is 2. The molecular weight excluding hydrogens is 264 g/mol. The SMILES string of the molecule is Cc1ccc(NC(=O)c2ccsc2C)cc1[N+](=O)[O-]. The third kappa shape index (κ3) is 2.79. The van der Waals surface area contributed by atoms with Gasteiger partial charge in [-0.15, -0.1) is 11.3 Å². The number of thiophene rings is 1. The molecule has 2 aromatic rings. The topological polar surface area (TPSA) is 72.2 Å². The lowest BCUT2D eigenvalue weighted by atomic mass is 10.1. The normalized spacial score (nSPS) is 10.2. The summed E-state index contributed by atoms with van der Waals surface area (Å²) in [6.45, 7) is 3.52. The van der Waals surface area contributed by atoms with Crippen molar-refractivity contribution in [1.29, 1.82) is 0 Å². The Hall–Kier alpha value is -2.21. The third-order valence-corrected chi connectivity index (χ3v) is 3.61. The first-order chi connectivity index (χ1) is 8.99. The molecule has 1 amide bonds. The number of hydrogen-bond acceptors (Lipinski definition) is 4. The summed E-state index contributed by atoms with van der Waals surface area (Å²) in [5.41, 5.74) is 1.58. The fourth-order valence-corrected chi connectivity index (χ4v) is 2.40. The summed E-state index contributed by atoms with van der Waals surface area (Å²) in [6.07, 6.45) is 0. The van der Waals surface area contributed by atoms with Crippen molar-refractivity contribution < 1.29 is 9.72 Å². The number of nitrogens with zero attached hydrogens (tertiary/aromatic N) is 1. The van der Waals surface area contributed by atoms with Crippen LogP contribution in [0, 0.1) is 24.0 Å². The summed E-state index contributed by atoms with van der Waals surface area (Å²) in [4.78, 5) is 23.3. The number of anilines is 1. The average Bonchev–Trinajstić information content (AvgIpc) is 2.77. The van der Waals surface area contributed by atoms with Crippen LogP contribution < -0.4 is 5.32 Å². The summed E-state index contributed by atoms with van der Waals surface area (Å²) in [5, 5.41) is 15.3. The van der Waals surface area contributed by atoms with E-state index in [1.807, 2.05) is 12.3 Å². The molecule has 98 valence electrons. The molecule has 0 fully saturated rings. The number of carbonyl (C=O) groups excluding carboxylic acids is 1. The lowest BCUT2D eigenvalue weighted by Crippen LogP contribution is -2.12. The van der Waals surface area contributed by atoms with Gasteiger partial charge >= 0.3 is 0 Å². The first-order valence-electron chi connectivity index (χ1n) is 5.59. The molecule has 0 aliphatic heterocycles. The van der Waals surface area contributed by atoms with E-state index in [2.05, 4.69) is 5.32 Å². The second kappa shape index (κ2) is 5.19. The monoisotopic (exact) mass is 276 g/mol. The number of rotatable bonds is 3. The van der Waals surface area contributed by atoms with E-state index < -0.39 is 4.92 Å². The second-order valence-corrected chi connectivity index (χ2v) is 5.22. The molecule has 0 bridgehead atoms. The van der Waals surface area contributed by atoms with E-state index in [1.165, 1.54) is 17.4 Å². The highest BCUT2D eigenvalue weighted by molar-refractivity contribution is 7.10. The minimum atomic E-state index is -0.458. The highest BCUT2D eigenvalue weighted by atomic mass is 32.1. The minimum absolute atomic E-state index is 0.000148. The number of carbonyl (C=O) groups is 1. The number of nitro benzene ring substituents is 1.